The number of amides is 1. The van der Waals surface area contributed by atoms with Crippen molar-refractivity contribution in [2.75, 3.05) is 34.9 Å². The van der Waals surface area contributed by atoms with Crippen LogP contribution < -0.4 is 20.9 Å². The minimum Gasteiger partial charge on any atom is -0.377 e. The van der Waals surface area contributed by atoms with Gasteiger partial charge in [-0.3, -0.25) is 14.8 Å². The molecule has 5 aromatic rings. The molecule has 2 heterocycles. The molecule has 0 unspecified atom stereocenters. The van der Waals surface area contributed by atoms with Gasteiger partial charge in [-0.2, -0.15) is 0 Å². The summed E-state index contributed by atoms with van der Waals surface area (Å²) in [6.45, 7) is 4.05. The largest absolute Gasteiger partial charge is 0.377 e. The molecule has 2 aromatic heterocycles. The summed E-state index contributed by atoms with van der Waals surface area (Å²) in [6, 6.07) is 25.1. The van der Waals surface area contributed by atoms with E-state index in [0.717, 1.165) is 50.6 Å². The maximum Gasteiger partial charge on any atom is 0.255 e. The van der Waals surface area contributed by atoms with E-state index >= 15 is 0 Å². The van der Waals surface area contributed by atoms with Gasteiger partial charge in [-0.1, -0.05) is 12.1 Å². The van der Waals surface area contributed by atoms with E-state index < -0.39 is 0 Å². The highest BCUT2D eigenvalue weighted by molar-refractivity contribution is 6.05. The van der Waals surface area contributed by atoms with Crippen LogP contribution >= 0.6 is 0 Å². The molecule has 38 heavy (non-hydrogen) atoms. The molecule has 3 N–H and O–H groups in total. The molecular weight excluding hydrogens is 472 g/mol. The number of carbonyl (C=O) groups excluding carboxylic acids is 1. The van der Waals surface area contributed by atoms with E-state index in [9.17, 15) is 4.79 Å². The van der Waals surface area contributed by atoms with Gasteiger partial charge in [0.25, 0.3) is 5.91 Å². The van der Waals surface area contributed by atoms with E-state index in [1.807, 2.05) is 93.8 Å². The van der Waals surface area contributed by atoms with Crippen molar-refractivity contribution in [2.45, 2.75) is 13.8 Å². The number of aryl methyl sites for hydroxylation is 2. The normalized spacial score (nSPS) is 10.7. The summed E-state index contributed by atoms with van der Waals surface area (Å²) in [7, 11) is 4.07. The Morgan fingerprint density at radius 1 is 0.737 bits per heavy atom. The smallest absolute Gasteiger partial charge is 0.255 e. The van der Waals surface area contributed by atoms with Crippen LogP contribution in [0.2, 0.25) is 0 Å². The topological polar surface area (TPSA) is 82.2 Å². The summed E-state index contributed by atoms with van der Waals surface area (Å²) in [5.74, 6) is -0.184. The first-order chi connectivity index (χ1) is 18.4. The fraction of sp³-hybridized carbons (Fsp3) is 0.129. The molecule has 7 heteroatoms. The molecule has 190 valence electrons. The zero-order valence-corrected chi connectivity index (χ0v) is 21.9. The molecule has 0 aliphatic carbocycles. The third-order valence-electron chi connectivity index (χ3n) is 6.33. The van der Waals surface area contributed by atoms with Gasteiger partial charge in [0, 0.05) is 77.3 Å². The monoisotopic (exact) mass is 502 g/mol. The molecule has 0 aliphatic heterocycles. The predicted octanol–water partition coefficient (Wildman–Crippen LogP) is 7.05. The molecule has 1 amide bonds. The van der Waals surface area contributed by atoms with E-state index in [-0.39, 0.29) is 5.91 Å². The van der Waals surface area contributed by atoms with Crippen molar-refractivity contribution < 1.29 is 4.79 Å². The second kappa shape index (κ2) is 10.6. The Hall–Kier alpha value is -4.91. The standard InChI is InChI=1S/C31H30N6O/c1-20-17-26(13-15-32-20)34-24-9-6-10-25(19-24)36-31(38)22-7-5-8-23(18-22)35-28-14-16-33-27-11-12-29(37(3)4)21(2)30(27)28/h5-19H,1-4H3,(H,32,34)(H,33,35)(H,36,38). The summed E-state index contributed by atoms with van der Waals surface area (Å²) in [5, 5.41) is 10.9. The number of nitrogens with zero attached hydrogens (tertiary/aromatic N) is 3. The lowest BCUT2D eigenvalue weighted by Gasteiger charge is -2.19. The molecule has 0 aliphatic rings. The van der Waals surface area contributed by atoms with E-state index in [4.69, 9.17) is 0 Å². The highest BCUT2D eigenvalue weighted by atomic mass is 16.1. The first kappa shape index (κ1) is 24.8. The zero-order chi connectivity index (χ0) is 26.6. The minimum atomic E-state index is -0.184. The van der Waals surface area contributed by atoms with Crippen molar-refractivity contribution in [2.24, 2.45) is 0 Å². The quantitative estimate of drug-likeness (QED) is 0.221. The highest BCUT2D eigenvalue weighted by Gasteiger charge is 2.12. The molecule has 0 saturated carbocycles. The first-order valence-corrected chi connectivity index (χ1v) is 12.4. The van der Waals surface area contributed by atoms with Crippen LogP contribution in [-0.2, 0) is 0 Å². The van der Waals surface area contributed by atoms with Gasteiger partial charge in [0.05, 0.1) is 5.52 Å². The maximum atomic E-state index is 13.1. The Labute approximate surface area is 222 Å². The van der Waals surface area contributed by atoms with Crippen LogP contribution in [0.25, 0.3) is 10.9 Å². The van der Waals surface area contributed by atoms with Crippen LogP contribution in [0.3, 0.4) is 0 Å². The average Bonchev–Trinajstić information content (AvgIpc) is 2.89. The van der Waals surface area contributed by atoms with Crippen molar-refractivity contribution >= 4 is 50.9 Å². The molecule has 7 nitrogen and oxygen atoms in total. The van der Waals surface area contributed by atoms with Crippen LogP contribution in [-0.4, -0.2) is 30.0 Å². The van der Waals surface area contributed by atoms with Gasteiger partial charge in [-0.15, -0.1) is 0 Å². The Balaban J connectivity index is 1.35. The van der Waals surface area contributed by atoms with Crippen molar-refractivity contribution in [3.05, 3.63) is 108 Å². The molecule has 0 spiro atoms. The van der Waals surface area contributed by atoms with Gasteiger partial charge in [0.15, 0.2) is 0 Å². The fourth-order valence-corrected chi connectivity index (χ4v) is 4.56. The molecule has 0 saturated heterocycles. The van der Waals surface area contributed by atoms with Gasteiger partial charge in [0.1, 0.15) is 0 Å². The lowest BCUT2D eigenvalue weighted by molar-refractivity contribution is 0.102. The SMILES string of the molecule is Cc1cc(Nc2cccc(NC(=O)c3cccc(Nc4ccnc5ccc(N(C)C)c(C)c45)c3)c2)ccn1. The second-order valence-electron chi connectivity index (χ2n) is 9.41. The van der Waals surface area contributed by atoms with Gasteiger partial charge in [0.2, 0.25) is 0 Å². The van der Waals surface area contributed by atoms with Crippen LogP contribution in [0, 0.1) is 13.8 Å². The number of aromatic nitrogens is 2. The first-order valence-electron chi connectivity index (χ1n) is 12.4. The number of hydrogen-bond donors (Lipinski definition) is 3. The number of carbonyl (C=O) groups is 1. The fourth-order valence-electron chi connectivity index (χ4n) is 4.56. The van der Waals surface area contributed by atoms with E-state index in [2.05, 4.69) is 43.8 Å². The number of pyridine rings is 2. The Morgan fingerprint density at radius 3 is 2.24 bits per heavy atom. The third-order valence-corrected chi connectivity index (χ3v) is 6.33. The number of rotatable bonds is 7. The van der Waals surface area contributed by atoms with Crippen LogP contribution in [0.1, 0.15) is 21.6 Å². The molecular formula is C31H30N6O. The maximum absolute atomic E-state index is 13.1. The summed E-state index contributed by atoms with van der Waals surface area (Å²) >= 11 is 0. The van der Waals surface area contributed by atoms with Gasteiger partial charge >= 0.3 is 0 Å². The van der Waals surface area contributed by atoms with Gasteiger partial charge in [-0.05, 0) is 86.1 Å². The van der Waals surface area contributed by atoms with Gasteiger partial charge < -0.3 is 20.9 Å². The molecule has 0 atom stereocenters. The number of fused-ring (bicyclic) bond motifs is 1. The zero-order valence-electron chi connectivity index (χ0n) is 21.9. The van der Waals surface area contributed by atoms with Crippen molar-refractivity contribution in [1.29, 1.82) is 0 Å². The van der Waals surface area contributed by atoms with Crippen molar-refractivity contribution in [1.82, 2.24) is 9.97 Å². The van der Waals surface area contributed by atoms with E-state index in [1.54, 1.807) is 12.4 Å². The molecule has 0 fully saturated rings. The van der Waals surface area contributed by atoms with Crippen LogP contribution in [0.4, 0.5) is 34.1 Å². The number of anilines is 6. The third kappa shape index (κ3) is 5.42. The minimum absolute atomic E-state index is 0.184. The van der Waals surface area contributed by atoms with Gasteiger partial charge in [-0.25, -0.2) is 0 Å². The predicted molar refractivity (Wildman–Crippen MR) is 157 cm³/mol. The Bertz CT molecular complexity index is 1630. The average molecular weight is 503 g/mol. The van der Waals surface area contributed by atoms with Crippen molar-refractivity contribution in [3.63, 3.8) is 0 Å². The molecule has 0 radical (unpaired) electrons. The number of nitrogens with one attached hydrogen (secondary N) is 3. The summed E-state index contributed by atoms with van der Waals surface area (Å²) < 4.78 is 0. The second-order valence-corrected chi connectivity index (χ2v) is 9.41. The lowest BCUT2D eigenvalue weighted by Crippen LogP contribution is -2.12. The van der Waals surface area contributed by atoms with Crippen LogP contribution in [0.5, 0.6) is 0 Å². The van der Waals surface area contributed by atoms with Crippen molar-refractivity contribution in [3.8, 4) is 0 Å². The number of benzene rings is 3. The van der Waals surface area contributed by atoms with E-state index in [1.165, 1.54) is 0 Å². The highest BCUT2D eigenvalue weighted by Crippen LogP contribution is 2.33. The molecule has 3 aromatic carbocycles. The summed E-state index contributed by atoms with van der Waals surface area (Å²) in [5.41, 5.74) is 8.98. The Morgan fingerprint density at radius 2 is 1.45 bits per heavy atom. The van der Waals surface area contributed by atoms with E-state index in [0.29, 0.717) is 11.3 Å². The summed E-state index contributed by atoms with van der Waals surface area (Å²) in [6.07, 6.45) is 3.56. The molecule has 5 rings (SSSR count). The lowest BCUT2D eigenvalue weighted by atomic mass is 10.0. The van der Waals surface area contributed by atoms with Crippen LogP contribution in [0.15, 0.2) is 91.3 Å². The Kier molecular flexibility index (Phi) is 6.91. The molecule has 0 bridgehead atoms. The summed E-state index contributed by atoms with van der Waals surface area (Å²) in [4.78, 5) is 24.0. The number of hydrogen-bond acceptors (Lipinski definition) is 6.